The van der Waals surface area contributed by atoms with Crippen LogP contribution >= 0.6 is 0 Å². The highest BCUT2D eigenvalue weighted by atomic mass is 16.7. The maximum Gasteiger partial charge on any atom is 0.231 e. The number of ether oxygens (including phenoxy) is 2. The van der Waals surface area contributed by atoms with Gasteiger partial charge in [-0.1, -0.05) is 13.0 Å². The highest BCUT2D eigenvalue weighted by molar-refractivity contribution is 5.44. The average Bonchev–Trinajstić information content (AvgIpc) is 2.73. The van der Waals surface area contributed by atoms with E-state index in [1.165, 1.54) is 0 Å². The molecule has 1 heterocycles. The maximum atomic E-state index is 7.23. The molecule has 1 aliphatic heterocycles. The second-order valence-corrected chi connectivity index (χ2v) is 3.64. The molecule has 0 fully saturated rings. The molecule has 1 aromatic rings. The Morgan fingerprint density at radius 3 is 3.13 bits per heavy atom. The summed E-state index contributed by atoms with van der Waals surface area (Å²) >= 11 is 0. The Bertz CT molecular complexity index is 420. The molecule has 1 atom stereocenters. The van der Waals surface area contributed by atoms with Gasteiger partial charge in [0.25, 0.3) is 0 Å². The molecule has 0 amide bonds. The van der Waals surface area contributed by atoms with Crippen LogP contribution in [0.1, 0.15) is 23.0 Å². The Hall–Kier alpha value is -1.22. The minimum atomic E-state index is -2.10. The Morgan fingerprint density at radius 2 is 2.33 bits per heavy atom. The normalized spacial score (nSPS) is 19.1. The maximum absolute atomic E-state index is 7.23. The molecule has 0 spiro atoms. The van der Waals surface area contributed by atoms with Gasteiger partial charge >= 0.3 is 0 Å². The van der Waals surface area contributed by atoms with E-state index < -0.39 is 6.98 Å². The largest absolute Gasteiger partial charge is 0.454 e. The Balaban J connectivity index is 2.03. The third-order valence-corrected chi connectivity index (χ3v) is 2.62. The minimum Gasteiger partial charge on any atom is -0.454 e. The van der Waals surface area contributed by atoms with E-state index >= 15 is 0 Å². The molecule has 15 heavy (non-hydrogen) atoms. The van der Waals surface area contributed by atoms with E-state index in [1.54, 1.807) is 0 Å². The topological polar surface area (TPSA) is 30.5 Å². The molecule has 3 nitrogen and oxygen atoms in total. The van der Waals surface area contributed by atoms with Crippen molar-refractivity contribution in [2.45, 2.75) is 25.8 Å². The zero-order valence-electron chi connectivity index (χ0n) is 11.7. The van der Waals surface area contributed by atoms with Crippen LogP contribution in [0.4, 0.5) is 0 Å². The van der Waals surface area contributed by atoms with Crippen LogP contribution in [0.15, 0.2) is 18.2 Å². The smallest absolute Gasteiger partial charge is 0.231 e. The van der Waals surface area contributed by atoms with Gasteiger partial charge in [-0.25, -0.2) is 0 Å². The molecule has 1 unspecified atom stereocenters. The third-order valence-electron chi connectivity index (χ3n) is 2.62. The predicted molar refractivity (Wildman–Crippen MR) is 59.4 cm³/mol. The summed E-state index contributed by atoms with van der Waals surface area (Å²) in [6, 6.07) is 5.64. The van der Waals surface area contributed by atoms with Crippen molar-refractivity contribution in [3.05, 3.63) is 23.8 Å². The molecule has 0 aliphatic carbocycles. The van der Waals surface area contributed by atoms with Crippen LogP contribution < -0.4 is 14.8 Å². The van der Waals surface area contributed by atoms with Crippen LogP contribution in [-0.2, 0) is 6.42 Å². The molecule has 1 N–H and O–H groups in total. The molecule has 0 aromatic heterocycles. The van der Waals surface area contributed by atoms with Crippen molar-refractivity contribution >= 4 is 0 Å². The summed E-state index contributed by atoms with van der Waals surface area (Å²) in [6.45, 7) is 0.122. The molecule has 1 aromatic carbocycles. The van der Waals surface area contributed by atoms with Crippen molar-refractivity contribution in [2.24, 2.45) is 0 Å². The van der Waals surface area contributed by atoms with Crippen molar-refractivity contribution in [2.75, 3.05) is 13.8 Å². The number of rotatable bonds is 4. The average molecular weight is 210 g/mol. The van der Waals surface area contributed by atoms with Gasteiger partial charge in [-0.3, -0.25) is 0 Å². The van der Waals surface area contributed by atoms with Gasteiger partial charge in [-0.05, 0) is 37.5 Å². The van der Waals surface area contributed by atoms with E-state index in [9.17, 15) is 0 Å². The molecule has 3 heteroatoms. The molecular formula is C12H17NO2. The van der Waals surface area contributed by atoms with Crippen molar-refractivity contribution in [1.29, 1.82) is 0 Å². The van der Waals surface area contributed by atoms with E-state index in [-0.39, 0.29) is 12.8 Å². The first-order chi connectivity index (χ1) is 8.48. The van der Waals surface area contributed by atoms with Crippen LogP contribution in [0.3, 0.4) is 0 Å². The lowest BCUT2D eigenvalue weighted by molar-refractivity contribution is 0.174. The van der Waals surface area contributed by atoms with Crippen LogP contribution in [0.25, 0.3) is 0 Å². The molecule has 0 bridgehead atoms. The van der Waals surface area contributed by atoms with Crippen molar-refractivity contribution in [1.82, 2.24) is 5.32 Å². The number of nitrogens with one attached hydrogen (secondary N) is 1. The molecule has 0 radical (unpaired) electrons. The Labute approximate surface area is 94.6 Å². The van der Waals surface area contributed by atoms with E-state index in [0.29, 0.717) is 6.42 Å². The van der Waals surface area contributed by atoms with Gasteiger partial charge in [-0.15, -0.1) is 0 Å². The van der Waals surface area contributed by atoms with Gasteiger partial charge in [-0.2, -0.15) is 0 Å². The summed E-state index contributed by atoms with van der Waals surface area (Å²) < 4.78 is 32.2. The lowest BCUT2D eigenvalue weighted by Crippen LogP contribution is -2.26. The molecule has 82 valence electrons. The summed E-state index contributed by atoms with van der Waals surface area (Å²) in [5, 5.41) is 2.65. The summed E-state index contributed by atoms with van der Waals surface area (Å²) in [5.41, 5.74) is 1.04. The first kappa shape index (κ1) is 7.12. The first-order valence-electron chi connectivity index (χ1n) is 6.64. The second-order valence-electron chi connectivity index (χ2n) is 3.64. The zero-order chi connectivity index (χ0) is 13.2. The number of hydrogen-bond acceptors (Lipinski definition) is 3. The first-order valence-corrected chi connectivity index (χ1v) is 5.14. The van der Waals surface area contributed by atoms with E-state index in [2.05, 4.69) is 5.32 Å². The summed E-state index contributed by atoms with van der Waals surface area (Å²) in [7, 11) is 0. The highest BCUT2D eigenvalue weighted by Gasteiger charge is 2.14. The predicted octanol–water partition coefficient (Wildman–Crippen LogP) is 1.96. The fourth-order valence-electron chi connectivity index (χ4n) is 1.65. The molecule has 0 saturated heterocycles. The number of likely N-dealkylation sites (N-methyl/N-ethyl adjacent to an activating group) is 1. The van der Waals surface area contributed by atoms with Crippen molar-refractivity contribution in [3.8, 4) is 11.5 Å². The second kappa shape index (κ2) is 4.53. The van der Waals surface area contributed by atoms with Gasteiger partial charge in [0.05, 0.1) is 0 Å². The van der Waals surface area contributed by atoms with E-state index in [4.69, 9.17) is 13.6 Å². The fraction of sp³-hybridized carbons (Fsp3) is 0.500. The van der Waals surface area contributed by atoms with E-state index in [1.807, 2.05) is 25.1 Å². The fourth-order valence-corrected chi connectivity index (χ4v) is 1.65. The molecule has 1 aliphatic rings. The lowest BCUT2D eigenvalue weighted by Gasteiger charge is -2.13. The van der Waals surface area contributed by atoms with Crippen molar-refractivity contribution in [3.63, 3.8) is 0 Å². The number of benzene rings is 1. The van der Waals surface area contributed by atoms with Gasteiger partial charge in [0.15, 0.2) is 11.5 Å². The van der Waals surface area contributed by atoms with Crippen molar-refractivity contribution < 1.29 is 13.6 Å². The van der Waals surface area contributed by atoms with Gasteiger partial charge in [0.1, 0.15) is 0 Å². The van der Waals surface area contributed by atoms with E-state index in [0.717, 1.165) is 23.5 Å². The number of fused-ring (bicyclic) bond motifs is 1. The molecule has 0 saturated carbocycles. The monoisotopic (exact) mass is 210 g/mol. The number of hydrogen-bond donors (Lipinski definition) is 1. The van der Waals surface area contributed by atoms with Gasteiger partial charge in [0, 0.05) is 10.2 Å². The molecule has 2 rings (SSSR count). The summed E-state index contributed by atoms with van der Waals surface area (Å²) in [5.74, 6) is 1.48. The van der Waals surface area contributed by atoms with Crippen LogP contribution in [-0.4, -0.2) is 19.8 Å². The van der Waals surface area contributed by atoms with Crippen LogP contribution in [0, 0.1) is 0 Å². The summed E-state index contributed by atoms with van der Waals surface area (Å²) in [6.07, 6.45) is 1.42. The molecular weight excluding hydrogens is 190 g/mol. The highest BCUT2D eigenvalue weighted by Crippen LogP contribution is 2.32. The van der Waals surface area contributed by atoms with Gasteiger partial charge in [0.2, 0.25) is 6.79 Å². The van der Waals surface area contributed by atoms with Crippen LogP contribution in [0.2, 0.25) is 0 Å². The summed E-state index contributed by atoms with van der Waals surface area (Å²) in [4.78, 5) is 0. The Kier molecular flexibility index (Phi) is 2.15. The standard InChI is InChI=1S/C12H17NO2/c1-3-10(13-2)6-9-4-5-11-12(7-9)15-8-14-11/h4-5,7,10,13H,3,6,8H2,1-2H3/i2D3. The van der Waals surface area contributed by atoms with Crippen LogP contribution in [0.5, 0.6) is 11.5 Å². The SMILES string of the molecule is [2H]C([2H])([2H])NC(CC)Cc1ccc2c(c1)OCO2. The zero-order valence-corrected chi connectivity index (χ0v) is 8.75. The lowest BCUT2D eigenvalue weighted by atomic mass is 10.0. The Morgan fingerprint density at radius 1 is 1.47 bits per heavy atom. The third kappa shape index (κ3) is 2.23. The minimum absolute atomic E-state index is 0.0714. The van der Waals surface area contributed by atoms with Gasteiger partial charge < -0.3 is 14.8 Å². The quantitative estimate of drug-likeness (QED) is 0.824.